The molecule has 2 heterocycles. The second-order valence-electron chi connectivity index (χ2n) is 10.1. The van der Waals surface area contributed by atoms with E-state index in [9.17, 15) is 10.1 Å². The number of nitrogens with one attached hydrogen (secondary N) is 1. The van der Waals surface area contributed by atoms with Gasteiger partial charge in [0.25, 0.3) is 0 Å². The lowest BCUT2D eigenvalue weighted by molar-refractivity contribution is -0.118. The van der Waals surface area contributed by atoms with Gasteiger partial charge in [0.2, 0.25) is 0 Å². The molecule has 6 nitrogen and oxygen atoms in total. The lowest BCUT2D eigenvalue weighted by Gasteiger charge is -2.43. The molecule has 176 valence electrons. The Morgan fingerprint density at radius 2 is 1.86 bits per heavy atom. The minimum atomic E-state index is -0.478. The summed E-state index contributed by atoms with van der Waals surface area (Å²) < 4.78 is 0. The van der Waals surface area contributed by atoms with Crippen molar-refractivity contribution in [2.45, 2.75) is 46.0 Å². The van der Waals surface area contributed by atoms with E-state index < -0.39 is 5.92 Å². The zero-order valence-corrected chi connectivity index (χ0v) is 20.3. The molecule has 5 rings (SSSR count). The summed E-state index contributed by atoms with van der Waals surface area (Å²) >= 11 is 0. The number of ketones is 1. The average molecular weight is 464 g/mol. The van der Waals surface area contributed by atoms with Crippen LogP contribution in [-0.4, -0.2) is 16.0 Å². The summed E-state index contributed by atoms with van der Waals surface area (Å²) in [7, 11) is 0. The zero-order valence-electron chi connectivity index (χ0n) is 20.3. The first kappa shape index (κ1) is 22.7. The van der Waals surface area contributed by atoms with Crippen molar-refractivity contribution in [2.75, 3.05) is 4.90 Å². The minimum absolute atomic E-state index is 0.0601. The largest absolute Gasteiger partial charge is 0.384 e. The Morgan fingerprint density at radius 1 is 1.14 bits per heavy atom. The van der Waals surface area contributed by atoms with Crippen LogP contribution in [0.15, 0.2) is 83.3 Å². The Kier molecular flexibility index (Phi) is 5.56. The molecular formula is C29H29N5O. The molecule has 35 heavy (non-hydrogen) atoms. The van der Waals surface area contributed by atoms with Crippen molar-refractivity contribution in [3.63, 3.8) is 0 Å². The number of aromatic nitrogens is 2. The summed E-state index contributed by atoms with van der Waals surface area (Å²) in [6, 6.07) is 22.3. The number of allylic oxidation sites excluding steroid dienone is 3. The SMILES string of the molecule is CCc1ccc(C2C(C#N)=C(N)N(c3cc(-c4ccccc4)[nH]n3)C3=C2C(=O)CC(C)(C)C3)cc1. The smallest absolute Gasteiger partial charge is 0.162 e. The van der Waals surface area contributed by atoms with Gasteiger partial charge >= 0.3 is 0 Å². The van der Waals surface area contributed by atoms with Crippen LogP contribution in [0.4, 0.5) is 5.82 Å². The third kappa shape index (κ3) is 3.93. The molecule has 0 spiro atoms. The van der Waals surface area contributed by atoms with E-state index in [0.29, 0.717) is 35.6 Å². The maximum atomic E-state index is 13.6. The van der Waals surface area contributed by atoms with E-state index >= 15 is 0 Å². The molecule has 0 radical (unpaired) electrons. The van der Waals surface area contributed by atoms with Crippen molar-refractivity contribution in [2.24, 2.45) is 11.1 Å². The number of aromatic amines is 1. The summed E-state index contributed by atoms with van der Waals surface area (Å²) in [5.41, 5.74) is 12.3. The minimum Gasteiger partial charge on any atom is -0.384 e. The highest BCUT2D eigenvalue weighted by molar-refractivity contribution is 6.01. The Balaban J connectivity index is 1.69. The number of H-pyrrole nitrogens is 1. The number of carbonyl (C=O) groups excluding carboxylic acids is 1. The van der Waals surface area contributed by atoms with Crippen LogP contribution in [-0.2, 0) is 11.2 Å². The molecule has 0 fully saturated rings. The van der Waals surface area contributed by atoms with Crippen LogP contribution < -0.4 is 10.6 Å². The quantitative estimate of drug-likeness (QED) is 0.526. The van der Waals surface area contributed by atoms with E-state index in [4.69, 9.17) is 5.73 Å². The zero-order chi connectivity index (χ0) is 24.7. The Bertz CT molecular complexity index is 1390. The number of carbonyl (C=O) groups is 1. The number of hydrogen-bond acceptors (Lipinski definition) is 5. The molecule has 3 aromatic rings. The summed E-state index contributed by atoms with van der Waals surface area (Å²) in [6.07, 6.45) is 2.01. The Morgan fingerprint density at radius 3 is 2.51 bits per heavy atom. The Hall–Kier alpha value is -4.11. The van der Waals surface area contributed by atoms with Crippen molar-refractivity contribution < 1.29 is 4.79 Å². The third-order valence-electron chi connectivity index (χ3n) is 6.98. The molecule has 1 atom stereocenters. The van der Waals surface area contributed by atoms with Crippen LogP contribution >= 0.6 is 0 Å². The Labute approximate surface area is 205 Å². The van der Waals surface area contributed by atoms with E-state index in [1.54, 1.807) is 0 Å². The van der Waals surface area contributed by atoms with Gasteiger partial charge in [-0.1, -0.05) is 75.4 Å². The normalized spacial score (nSPS) is 19.5. The van der Waals surface area contributed by atoms with E-state index in [1.807, 2.05) is 53.4 Å². The van der Waals surface area contributed by atoms with Crippen LogP contribution in [0.2, 0.25) is 0 Å². The van der Waals surface area contributed by atoms with Crippen molar-refractivity contribution >= 4 is 11.6 Å². The molecular weight excluding hydrogens is 434 g/mol. The van der Waals surface area contributed by atoms with Gasteiger partial charge in [0, 0.05) is 23.8 Å². The van der Waals surface area contributed by atoms with Crippen molar-refractivity contribution in [3.8, 4) is 17.3 Å². The van der Waals surface area contributed by atoms with Crippen molar-refractivity contribution in [1.29, 1.82) is 5.26 Å². The van der Waals surface area contributed by atoms with Gasteiger partial charge in [-0.3, -0.25) is 14.8 Å². The number of hydrogen-bond donors (Lipinski definition) is 2. The van der Waals surface area contributed by atoms with Crippen LogP contribution in [0.3, 0.4) is 0 Å². The van der Waals surface area contributed by atoms with E-state index in [0.717, 1.165) is 28.9 Å². The molecule has 1 aliphatic heterocycles. The average Bonchev–Trinajstić information content (AvgIpc) is 3.33. The summed E-state index contributed by atoms with van der Waals surface area (Å²) in [5.74, 6) is 0.484. The third-order valence-corrected chi connectivity index (χ3v) is 6.98. The van der Waals surface area contributed by atoms with Gasteiger partial charge in [-0.25, -0.2) is 0 Å². The van der Waals surface area contributed by atoms with Crippen LogP contribution in [0.1, 0.15) is 50.7 Å². The number of nitrogens with two attached hydrogens (primary N) is 1. The first-order valence-electron chi connectivity index (χ1n) is 12.0. The van der Waals surface area contributed by atoms with Gasteiger partial charge in [-0.05, 0) is 34.9 Å². The number of nitrogens with zero attached hydrogens (tertiary/aromatic N) is 3. The molecule has 0 saturated carbocycles. The van der Waals surface area contributed by atoms with Gasteiger partial charge in [0.15, 0.2) is 11.6 Å². The molecule has 2 aromatic carbocycles. The molecule has 1 unspecified atom stereocenters. The second-order valence-corrected chi connectivity index (χ2v) is 10.1. The molecule has 2 aliphatic rings. The lowest BCUT2D eigenvalue weighted by atomic mass is 9.68. The van der Waals surface area contributed by atoms with Gasteiger partial charge in [0.05, 0.1) is 23.3 Å². The molecule has 0 bridgehead atoms. The number of Topliss-reactive ketones (excluding diaryl/α,β-unsaturated/α-hetero) is 1. The van der Waals surface area contributed by atoms with E-state index in [1.165, 1.54) is 5.56 Å². The number of rotatable bonds is 4. The predicted molar refractivity (Wildman–Crippen MR) is 137 cm³/mol. The standard InChI is InChI=1S/C29H29N5O/c1-4-18-10-12-20(13-11-18)26-21(17-30)28(31)34(23-15-29(2,3)16-24(35)27(23)26)25-14-22(32-33-25)19-8-6-5-7-9-19/h5-14,26H,4,15-16,31H2,1-3H3,(H,32,33). The number of anilines is 1. The summed E-state index contributed by atoms with van der Waals surface area (Å²) in [6.45, 7) is 6.29. The van der Waals surface area contributed by atoms with Crippen LogP contribution in [0, 0.1) is 16.7 Å². The first-order chi connectivity index (χ1) is 16.8. The lowest BCUT2D eigenvalue weighted by Crippen LogP contribution is -2.42. The van der Waals surface area contributed by atoms with Gasteiger partial charge in [0.1, 0.15) is 5.82 Å². The molecule has 1 aliphatic carbocycles. The van der Waals surface area contributed by atoms with Crippen molar-refractivity contribution in [3.05, 3.63) is 94.5 Å². The highest BCUT2D eigenvalue weighted by Gasteiger charge is 2.45. The number of nitriles is 1. The van der Waals surface area contributed by atoms with Crippen molar-refractivity contribution in [1.82, 2.24) is 10.2 Å². The van der Waals surface area contributed by atoms with Gasteiger partial charge in [-0.2, -0.15) is 10.4 Å². The predicted octanol–water partition coefficient (Wildman–Crippen LogP) is 5.58. The fourth-order valence-corrected chi connectivity index (χ4v) is 5.24. The molecule has 6 heteroatoms. The molecule has 0 amide bonds. The first-order valence-corrected chi connectivity index (χ1v) is 12.0. The fourth-order valence-electron chi connectivity index (χ4n) is 5.24. The highest BCUT2D eigenvalue weighted by atomic mass is 16.1. The molecule has 0 saturated heterocycles. The molecule has 1 aromatic heterocycles. The second kappa shape index (κ2) is 8.59. The summed E-state index contributed by atoms with van der Waals surface area (Å²) in [4.78, 5) is 15.4. The van der Waals surface area contributed by atoms with Crippen LogP contribution in [0.25, 0.3) is 11.3 Å². The molecule has 3 N–H and O–H groups in total. The van der Waals surface area contributed by atoms with E-state index in [2.05, 4.69) is 49.2 Å². The van der Waals surface area contributed by atoms with Crippen LogP contribution in [0.5, 0.6) is 0 Å². The maximum Gasteiger partial charge on any atom is 0.162 e. The number of benzene rings is 2. The fraction of sp³-hybridized carbons (Fsp3) is 0.276. The monoisotopic (exact) mass is 463 g/mol. The number of aryl methyl sites for hydroxylation is 1. The maximum absolute atomic E-state index is 13.6. The van der Waals surface area contributed by atoms with Gasteiger partial charge < -0.3 is 5.73 Å². The van der Waals surface area contributed by atoms with E-state index in [-0.39, 0.29) is 11.2 Å². The highest BCUT2D eigenvalue weighted by Crippen LogP contribution is 2.50. The summed E-state index contributed by atoms with van der Waals surface area (Å²) in [5, 5.41) is 17.9. The van der Waals surface area contributed by atoms with Gasteiger partial charge in [-0.15, -0.1) is 0 Å². The topological polar surface area (TPSA) is 98.8 Å².